The fourth-order valence-electron chi connectivity index (χ4n) is 2.44. The minimum absolute atomic E-state index is 0.0250. The van der Waals surface area contributed by atoms with Gasteiger partial charge in [0.2, 0.25) is 5.90 Å². The molecule has 2 aromatic carbocycles. The maximum atomic E-state index is 11.8. The topological polar surface area (TPSA) is 38.7 Å². The molecule has 0 unspecified atom stereocenters. The van der Waals surface area contributed by atoms with E-state index >= 15 is 0 Å². The van der Waals surface area contributed by atoms with Gasteiger partial charge >= 0.3 is 5.97 Å². The number of carbonyl (C=O) groups excluding carboxylic acids is 1. The summed E-state index contributed by atoms with van der Waals surface area (Å²) in [6.45, 7) is 6.42. The van der Waals surface area contributed by atoms with Crippen LogP contribution in [0.3, 0.4) is 0 Å². The van der Waals surface area contributed by atoms with Gasteiger partial charge in [0, 0.05) is 0 Å². The molecular weight excluding hydrogens is 262 g/mol. The summed E-state index contributed by atoms with van der Waals surface area (Å²) in [5, 5.41) is 0. The molecule has 0 saturated heterocycles. The minimum Gasteiger partial charge on any atom is -0.403 e. The van der Waals surface area contributed by atoms with Crippen LogP contribution in [-0.4, -0.2) is 11.9 Å². The third-order valence-corrected chi connectivity index (χ3v) is 3.50. The van der Waals surface area contributed by atoms with Crippen molar-refractivity contribution in [3.8, 4) is 0 Å². The summed E-state index contributed by atoms with van der Waals surface area (Å²) in [5.74, 6) is 0.0462. The number of ether oxygens (including phenoxy) is 1. The number of cyclic esters (lactones) is 1. The fourth-order valence-corrected chi connectivity index (χ4v) is 2.44. The molecule has 1 aliphatic heterocycles. The van der Waals surface area contributed by atoms with E-state index in [2.05, 4.69) is 31.8 Å². The third kappa shape index (κ3) is 2.47. The predicted octanol–water partition coefficient (Wildman–Crippen LogP) is 4.23. The van der Waals surface area contributed by atoms with Crippen LogP contribution in [0.4, 0.5) is 5.69 Å². The zero-order valence-electron chi connectivity index (χ0n) is 12.4. The van der Waals surface area contributed by atoms with Crippen molar-refractivity contribution in [2.45, 2.75) is 26.2 Å². The molecular formula is C18H17NO2. The summed E-state index contributed by atoms with van der Waals surface area (Å²) < 4.78 is 5.31. The average molecular weight is 279 g/mol. The Balaban J connectivity index is 2.11. The van der Waals surface area contributed by atoms with Crippen LogP contribution in [0.2, 0.25) is 0 Å². The first-order valence-corrected chi connectivity index (χ1v) is 6.96. The molecule has 1 heterocycles. The molecule has 0 spiro atoms. The van der Waals surface area contributed by atoms with E-state index in [0.29, 0.717) is 11.5 Å². The van der Waals surface area contributed by atoms with Crippen LogP contribution in [-0.2, 0) is 10.2 Å². The van der Waals surface area contributed by atoms with E-state index in [1.807, 2.05) is 36.4 Å². The minimum atomic E-state index is -0.336. The number of aliphatic imine (C=N–C) groups is 1. The molecule has 0 aliphatic carbocycles. The number of rotatable bonds is 1. The number of hydrogen-bond donors (Lipinski definition) is 0. The monoisotopic (exact) mass is 279 g/mol. The summed E-state index contributed by atoms with van der Waals surface area (Å²) in [5.41, 5.74) is 3.26. The van der Waals surface area contributed by atoms with Crippen molar-refractivity contribution in [2.75, 3.05) is 0 Å². The van der Waals surface area contributed by atoms with Crippen LogP contribution < -0.4 is 0 Å². The summed E-state index contributed by atoms with van der Waals surface area (Å²) in [6.07, 6.45) is 0. The molecule has 0 bridgehead atoms. The van der Waals surface area contributed by atoms with Crippen LogP contribution in [0.15, 0.2) is 53.5 Å². The quantitative estimate of drug-likeness (QED) is 0.733. The molecule has 0 radical (unpaired) electrons. The number of carbonyl (C=O) groups is 1. The summed E-state index contributed by atoms with van der Waals surface area (Å²) >= 11 is 0. The van der Waals surface area contributed by atoms with Crippen molar-refractivity contribution in [1.29, 1.82) is 0 Å². The Kier molecular flexibility index (Phi) is 3.13. The lowest BCUT2D eigenvalue weighted by Gasteiger charge is -2.20. The van der Waals surface area contributed by atoms with Crippen LogP contribution in [0.25, 0.3) is 0 Å². The Morgan fingerprint density at radius 3 is 2.24 bits per heavy atom. The van der Waals surface area contributed by atoms with Crippen molar-refractivity contribution < 1.29 is 9.53 Å². The number of hydrogen-bond acceptors (Lipinski definition) is 3. The first-order valence-electron chi connectivity index (χ1n) is 6.96. The van der Waals surface area contributed by atoms with Crippen molar-refractivity contribution in [1.82, 2.24) is 0 Å². The Morgan fingerprint density at radius 1 is 0.905 bits per heavy atom. The molecule has 106 valence electrons. The standard InChI is InChI=1S/C18H17NO2/c1-18(2,3)14-10-6-7-11-15(14)19-16-12-8-4-5-9-13(12)17(20)21-16/h4-11H,1-3H3. The first kappa shape index (κ1) is 13.6. The summed E-state index contributed by atoms with van der Waals surface area (Å²) in [6, 6.07) is 15.3. The lowest BCUT2D eigenvalue weighted by Crippen LogP contribution is -2.11. The highest BCUT2D eigenvalue weighted by Crippen LogP contribution is 2.32. The fraction of sp³-hybridized carbons (Fsp3) is 0.222. The van der Waals surface area contributed by atoms with E-state index in [1.54, 1.807) is 6.07 Å². The third-order valence-electron chi connectivity index (χ3n) is 3.50. The van der Waals surface area contributed by atoms with E-state index in [1.165, 1.54) is 0 Å². The van der Waals surface area contributed by atoms with Gasteiger partial charge in [-0.2, -0.15) is 0 Å². The molecule has 0 N–H and O–H groups in total. The molecule has 0 atom stereocenters. The van der Waals surface area contributed by atoms with Gasteiger partial charge in [-0.1, -0.05) is 51.1 Å². The number of nitrogens with zero attached hydrogens (tertiary/aromatic N) is 1. The summed E-state index contributed by atoms with van der Waals surface area (Å²) in [7, 11) is 0. The molecule has 3 nitrogen and oxygen atoms in total. The van der Waals surface area contributed by atoms with Gasteiger partial charge in [0.1, 0.15) is 0 Å². The van der Waals surface area contributed by atoms with Crippen LogP contribution in [0.5, 0.6) is 0 Å². The Hall–Kier alpha value is -2.42. The van der Waals surface area contributed by atoms with Gasteiger partial charge in [-0.25, -0.2) is 9.79 Å². The molecule has 3 rings (SSSR count). The van der Waals surface area contributed by atoms with E-state index in [4.69, 9.17) is 4.74 Å². The van der Waals surface area contributed by atoms with E-state index in [9.17, 15) is 4.79 Å². The van der Waals surface area contributed by atoms with E-state index < -0.39 is 0 Å². The number of benzene rings is 2. The second-order valence-corrected chi connectivity index (χ2v) is 6.12. The second-order valence-electron chi connectivity index (χ2n) is 6.12. The molecule has 0 saturated carbocycles. The lowest BCUT2D eigenvalue weighted by molar-refractivity contribution is 0.0737. The van der Waals surface area contributed by atoms with Crippen LogP contribution in [0, 0.1) is 0 Å². The average Bonchev–Trinajstić information content (AvgIpc) is 2.76. The zero-order chi connectivity index (χ0) is 15.0. The SMILES string of the molecule is CC(C)(C)c1ccccc1N=C1OC(=O)c2ccccc21. The van der Waals surface area contributed by atoms with Gasteiger partial charge in [0.15, 0.2) is 0 Å². The number of fused-ring (bicyclic) bond motifs is 1. The van der Waals surface area contributed by atoms with Gasteiger partial charge in [-0.05, 0) is 29.2 Å². The molecule has 21 heavy (non-hydrogen) atoms. The molecule has 0 fully saturated rings. The van der Waals surface area contributed by atoms with Crippen LogP contribution >= 0.6 is 0 Å². The predicted molar refractivity (Wildman–Crippen MR) is 83.2 cm³/mol. The Morgan fingerprint density at radius 2 is 1.52 bits per heavy atom. The molecule has 2 aromatic rings. The van der Waals surface area contributed by atoms with Gasteiger partial charge in [-0.15, -0.1) is 0 Å². The van der Waals surface area contributed by atoms with Crippen molar-refractivity contribution in [3.63, 3.8) is 0 Å². The number of para-hydroxylation sites is 1. The van der Waals surface area contributed by atoms with Gasteiger partial charge in [0.05, 0.1) is 16.8 Å². The van der Waals surface area contributed by atoms with E-state index in [0.717, 1.165) is 16.8 Å². The van der Waals surface area contributed by atoms with Crippen LogP contribution in [0.1, 0.15) is 42.3 Å². The number of esters is 1. The highest BCUT2D eigenvalue weighted by Gasteiger charge is 2.28. The van der Waals surface area contributed by atoms with Gasteiger partial charge in [-0.3, -0.25) is 0 Å². The second kappa shape index (κ2) is 4.85. The van der Waals surface area contributed by atoms with E-state index in [-0.39, 0.29) is 11.4 Å². The lowest BCUT2D eigenvalue weighted by atomic mass is 9.86. The first-order chi connectivity index (χ1) is 9.97. The molecule has 0 amide bonds. The van der Waals surface area contributed by atoms with Crippen molar-refractivity contribution >= 4 is 17.6 Å². The maximum absolute atomic E-state index is 11.8. The molecule has 1 aliphatic rings. The van der Waals surface area contributed by atoms with Crippen molar-refractivity contribution in [2.24, 2.45) is 4.99 Å². The Labute approximate surface area is 124 Å². The zero-order valence-corrected chi connectivity index (χ0v) is 12.4. The molecule has 3 heteroatoms. The Bertz CT molecular complexity index is 739. The summed E-state index contributed by atoms with van der Waals surface area (Å²) in [4.78, 5) is 16.4. The van der Waals surface area contributed by atoms with Gasteiger partial charge < -0.3 is 4.74 Å². The van der Waals surface area contributed by atoms with Gasteiger partial charge in [0.25, 0.3) is 0 Å². The molecule has 0 aromatic heterocycles. The smallest absolute Gasteiger partial charge is 0.345 e. The maximum Gasteiger partial charge on any atom is 0.345 e. The highest BCUT2D eigenvalue weighted by atomic mass is 16.5. The highest BCUT2D eigenvalue weighted by molar-refractivity contribution is 6.17. The normalized spacial score (nSPS) is 16.0. The van der Waals surface area contributed by atoms with Crippen molar-refractivity contribution in [3.05, 3.63) is 65.2 Å². The largest absolute Gasteiger partial charge is 0.403 e.